The normalized spacial score (nSPS) is 11.1. The van der Waals surface area contributed by atoms with Crippen molar-refractivity contribution < 1.29 is 13.2 Å². The fourth-order valence-electron chi connectivity index (χ4n) is 1.04. The third-order valence-corrected chi connectivity index (χ3v) is 5.03. The zero-order valence-electron chi connectivity index (χ0n) is 8.47. The molecule has 0 aliphatic carbocycles. The van der Waals surface area contributed by atoms with Gasteiger partial charge in [-0.2, -0.15) is 0 Å². The highest BCUT2D eigenvalue weighted by atomic mass is 79.9. The van der Waals surface area contributed by atoms with Crippen molar-refractivity contribution in [3.63, 3.8) is 0 Å². The number of anilines is 1. The molecule has 1 rings (SSSR count). The molecule has 0 saturated carbocycles. The Balaban J connectivity index is 3.06. The fourth-order valence-corrected chi connectivity index (χ4v) is 2.54. The Morgan fingerprint density at radius 2 is 2.13 bits per heavy atom. The van der Waals surface area contributed by atoms with Crippen LogP contribution in [0.1, 0.15) is 0 Å². The van der Waals surface area contributed by atoms with Crippen molar-refractivity contribution in [3.8, 4) is 5.75 Å². The summed E-state index contributed by atoms with van der Waals surface area (Å²) < 4.78 is 29.2. The van der Waals surface area contributed by atoms with Gasteiger partial charge in [0.2, 0.25) is 10.0 Å². The van der Waals surface area contributed by atoms with Crippen LogP contribution in [-0.4, -0.2) is 27.2 Å². The van der Waals surface area contributed by atoms with Crippen LogP contribution in [-0.2, 0) is 10.0 Å². The minimum atomic E-state index is -3.28. The number of hydrogen-bond acceptors (Lipinski definition) is 3. The van der Waals surface area contributed by atoms with Crippen molar-refractivity contribution in [2.24, 2.45) is 0 Å². The molecule has 6 heteroatoms. The second-order valence-electron chi connectivity index (χ2n) is 2.89. The lowest BCUT2D eigenvalue weighted by Gasteiger charge is -2.18. The molecule has 0 radical (unpaired) electrons. The summed E-state index contributed by atoms with van der Waals surface area (Å²) in [4.78, 5) is 0. The Bertz CT molecular complexity index is 433. The Morgan fingerprint density at radius 3 is 2.67 bits per heavy atom. The topological polar surface area (TPSA) is 46.6 Å². The highest BCUT2D eigenvalue weighted by molar-refractivity contribution is 9.10. The smallest absolute Gasteiger partial charge is 0.244 e. The second kappa shape index (κ2) is 4.85. The van der Waals surface area contributed by atoms with Crippen LogP contribution < -0.4 is 9.04 Å². The second-order valence-corrected chi connectivity index (χ2v) is 6.19. The van der Waals surface area contributed by atoms with Crippen molar-refractivity contribution in [2.75, 3.05) is 23.1 Å². The van der Waals surface area contributed by atoms with Gasteiger partial charge in [0.1, 0.15) is 10.4 Å². The standard InChI is InChI=1S/C9H12BrNO3S/c1-11(15(12,13)7-10)8-4-3-5-9(6-8)14-2/h3-6H,7H2,1-2H3. The fraction of sp³-hybridized carbons (Fsp3) is 0.333. The molecule has 0 unspecified atom stereocenters. The van der Waals surface area contributed by atoms with Gasteiger partial charge >= 0.3 is 0 Å². The molecule has 1 aromatic carbocycles. The van der Waals surface area contributed by atoms with Gasteiger partial charge < -0.3 is 4.74 Å². The first-order chi connectivity index (χ1) is 7.01. The molecule has 4 nitrogen and oxygen atoms in total. The lowest BCUT2D eigenvalue weighted by atomic mass is 10.3. The van der Waals surface area contributed by atoms with Gasteiger partial charge in [-0.1, -0.05) is 22.0 Å². The molecule has 0 aliphatic rings. The zero-order valence-corrected chi connectivity index (χ0v) is 10.9. The van der Waals surface area contributed by atoms with Gasteiger partial charge in [-0.25, -0.2) is 8.42 Å². The average molecular weight is 294 g/mol. The van der Waals surface area contributed by atoms with Crippen molar-refractivity contribution in [2.45, 2.75) is 0 Å². The van der Waals surface area contributed by atoms with Gasteiger partial charge in [-0.05, 0) is 12.1 Å². The summed E-state index contributed by atoms with van der Waals surface area (Å²) in [7, 11) is -0.237. The summed E-state index contributed by atoms with van der Waals surface area (Å²) in [6, 6.07) is 6.88. The Kier molecular flexibility index (Phi) is 3.98. The summed E-state index contributed by atoms with van der Waals surface area (Å²) in [5.41, 5.74) is 0.578. The largest absolute Gasteiger partial charge is 0.497 e. The third kappa shape index (κ3) is 2.85. The Labute approximate surface area is 98.0 Å². The van der Waals surface area contributed by atoms with E-state index in [0.717, 1.165) is 0 Å². The first-order valence-corrected chi connectivity index (χ1v) is 6.91. The van der Waals surface area contributed by atoms with E-state index in [1.807, 2.05) is 0 Å². The van der Waals surface area contributed by atoms with Crippen molar-refractivity contribution in [3.05, 3.63) is 24.3 Å². The molecule has 0 aliphatic heterocycles. The average Bonchev–Trinajstić information content (AvgIpc) is 2.28. The number of halogens is 1. The van der Waals surface area contributed by atoms with E-state index in [2.05, 4.69) is 15.9 Å². The molecule has 15 heavy (non-hydrogen) atoms. The number of rotatable bonds is 4. The van der Waals surface area contributed by atoms with Crippen LogP contribution in [0.15, 0.2) is 24.3 Å². The maximum atomic E-state index is 11.5. The van der Waals surface area contributed by atoms with E-state index in [9.17, 15) is 8.42 Å². The van der Waals surface area contributed by atoms with Gasteiger partial charge in [0.05, 0.1) is 12.8 Å². The van der Waals surface area contributed by atoms with Crippen LogP contribution in [0.5, 0.6) is 5.75 Å². The molecule has 0 amide bonds. The molecule has 0 atom stereocenters. The predicted octanol–water partition coefficient (Wildman–Crippen LogP) is 1.81. The van der Waals surface area contributed by atoms with Gasteiger partial charge in [0, 0.05) is 13.1 Å². The van der Waals surface area contributed by atoms with Crippen LogP contribution in [0.2, 0.25) is 0 Å². The van der Waals surface area contributed by atoms with Gasteiger partial charge in [0.25, 0.3) is 0 Å². The van der Waals surface area contributed by atoms with E-state index in [0.29, 0.717) is 11.4 Å². The number of hydrogen-bond donors (Lipinski definition) is 0. The molecule has 84 valence electrons. The van der Waals surface area contributed by atoms with E-state index in [4.69, 9.17) is 4.74 Å². The quantitative estimate of drug-likeness (QED) is 0.796. The minimum Gasteiger partial charge on any atom is -0.497 e. The molecule has 0 aromatic heterocycles. The zero-order chi connectivity index (χ0) is 11.5. The number of nitrogens with zero attached hydrogens (tertiary/aromatic N) is 1. The summed E-state index contributed by atoms with van der Waals surface area (Å²) in [6.07, 6.45) is 0. The van der Waals surface area contributed by atoms with E-state index in [-0.39, 0.29) is 4.66 Å². The maximum Gasteiger partial charge on any atom is 0.244 e. The Morgan fingerprint density at radius 1 is 1.47 bits per heavy atom. The number of sulfonamides is 1. The molecule has 1 aromatic rings. The highest BCUT2D eigenvalue weighted by Crippen LogP contribution is 2.22. The molecular weight excluding hydrogens is 282 g/mol. The molecule has 0 N–H and O–H groups in total. The monoisotopic (exact) mass is 293 g/mol. The summed E-state index contributed by atoms with van der Waals surface area (Å²) in [6.45, 7) is 0. The van der Waals surface area contributed by atoms with E-state index in [1.54, 1.807) is 24.3 Å². The number of ether oxygens (including phenoxy) is 1. The predicted molar refractivity (Wildman–Crippen MR) is 64.1 cm³/mol. The number of alkyl halides is 1. The summed E-state index contributed by atoms with van der Waals surface area (Å²) >= 11 is 2.94. The van der Waals surface area contributed by atoms with Gasteiger partial charge in [-0.15, -0.1) is 0 Å². The molecule has 0 heterocycles. The molecule has 0 fully saturated rings. The van der Waals surface area contributed by atoms with Crippen LogP contribution in [0.25, 0.3) is 0 Å². The van der Waals surface area contributed by atoms with Crippen LogP contribution in [0.3, 0.4) is 0 Å². The minimum absolute atomic E-state index is 0.103. The molecular formula is C9H12BrNO3S. The van der Waals surface area contributed by atoms with Gasteiger partial charge in [0.15, 0.2) is 0 Å². The first-order valence-electron chi connectivity index (χ1n) is 4.18. The van der Waals surface area contributed by atoms with E-state index in [1.165, 1.54) is 18.5 Å². The molecule has 0 spiro atoms. The van der Waals surface area contributed by atoms with E-state index >= 15 is 0 Å². The molecule has 0 saturated heterocycles. The lowest BCUT2D eigenvalue weighted by molar-refractivity contribution is 0.415. The number of benzene rings is 1. The van der Waals surface area contributed by atoms with Crippen LogP contribution >= 0.6 is 15.9 Å². The summed E-state index contributed by atoms with van der Waals surface area (Å²) in [5.74, 6) is 0.629. The highest BCUT2D eigenvalue weighted by Gasteiger charge is 2.16. The molecule has 0 bridgehead atoms. The van der Waals surface area contributed by atoms with E-state index < -0.39 is 10.0 Å². The number of methoxy groups -OCH3 is 1. The summed E-state index contributed by atoms with van der Waals surface area (Å²) in [5, 5.41) is 0. The Hall–Kier alpha value is -0.750. The SMILES string of the molecule is COc1cccc(N(C)S(=O)(=O)CBr)c1. The van der Waals surface area contributed by atoms with Crippen LogP contribution in [0, 0.1) is 0 Å². The first kappa shape index (κ1) is 12.3. The lowest BCUT2D eigenvalue weighted by Crippen LogP contribution is -2.27. The van der Waals surface area contributed by atoms with Crippen molar-refractivity contribution in [1.82, 2.24) is 0 Å². The maximum absolute atomic E-state index is 11.5. The van der Waals surface area contributed by atoms with Gasteiger partial charge in [-0.3, -0.25) is 4.31 Å². The van der Waals surface area contributed by atoms with Crippen molar-refractivity contribution >= 4 is 31.6 Å². The van der Waals surface area contributed by atoms with Crippen LogP contribution in [0.4, 0.5) is 5.69 Å². The third-order valence-electron chi connectivity index (χ3n) is 1.97. The van der Waals surface area contributed by atoms with Crippen molar-refractivity contribution in [1.29, 1.82) is 0 Å².